The molecule has 2 aliphatic rings. The zero-order valence-electron chi connectivity index (χ0n) is 22.8. The average Bonchev–Trinajstić information content (AvgIpc) is 2.89. The van der Waals surface area contributed by atoms with Crippen LogP contribution < -0.4 is 15.4 Å². The molecule has 9 heteroatoms. The van der Waals surface area contributed by atoms with E-state index in [0.29, 0.717) is 41.0 Å². The molecule has 3 N–H and O–H groups in total. The van der Waals surface area contributed by atoms with Crippen LogP contribution in [0, 0.1) is 11.3 Å². The highest BCUT2D eigenvalue weighted by atomic mass is 35.5. The van der Waals surface area contributed by atoms with Gasteiger partial charge in [-0.1, -0.05) is 38.4 Å². The van der Waals surface area contributed by atoms with Crippen molar-refractivity contribution in [1.29, 1.82) is 0 Å². The molecule has 3 amide bonds. The van der Waals surface area contributed by atoms with E-state index >= 15 is 0 Å². The summed E-state index contributed by atoms with van der Waals surface area (Å²) in [5.41, 5.74) is 2.17. The van der Waals surface area contributed by atoms with Gasteiger partial charge in [0.2, 0.25) is 0 Å². The number of carbonyl (C=O) groups is 3. The van der Waals surface area contributed by atoms with Crippen molar-refractivity contribution in [3.05, 3.63) is 58.6 Å². The van der Waals surface area contributed by atoms with Crippen molar-refractivity contribution in [2.24, 2.45) is 11.3 Å². The van der Waals surface area contributed by atoms with E-state index in [1.165, 1.54) is 0 Å². The van der Waals surface area contributed by atoms with Crippen LogP contribution in [0.4, 0.5) is 10.5 Å². The predicted molar refractivity (Wildman–Crippen MR) is 151 cm³/mol. The molecular weight excluding hydrogens is 518 g/mol. The van der Waals surface area contributed by atoms with E-state index in [2.05, 4.69) is 31.4 Å². The molecule has 1 aliphatic carbocycles. The largest absolute Gasteiger partial charge is 0.493 e. The molecule has 1 aliphatic heterocycles. The Bertz CT molecular complexity index is 1190. The second-order valence-electron chi connectivity index (χ2n) is 11.5. The first-order valence-corrected chi connectivity index (χ1v) is 14.0. The molecule has 1 unspecified atom stereocenters. The molecule has 0 bridgehead atoms. The Balaban J connectivity index is 1.58. The van der Waals surface area contributed by atoms with Crippen molar-refractivity contribution in [1.82, 2.24) is 10.2 Å². The van der Waals surface area contributed by atoms with Crippen LogP contribution in [0.15, 0.2) is 42.5 Å². The van der Waals surface area contributed by atoms with E-state index in [1.54, 1.807) is 36.4 Å². The number of fused-ring (bicyclic) bond motifs is 1. The first kappa shape index (κ1) is 28.7. The number of anilines is 1. The maximum absolute atomic E-state index is 13.9. The summed E-state index contributed by atoms with van der Waals surface area (Å²) in [6, 6.07) is 12.0. The number of halogens is 1. The Morgan fingerprint density at radius 1 is 1.03 bits per heavy atom. The maximum atomic E-state index is 13.9. The third-order valence-corrected chi connectivity index (χ3v) is 8.14. The summed E-state index contributed by atoms with van der Waals surface area (Å²) in [5, 5.41) is 15.1. The molecule has 210 valence electrons. The monoisotopic (exact) mass is 555 g/mol. The number of hydrogen-bond donors (Lipinski definition) is 3. The number of nitrogens with one attached hydrogen (secondary N) is 2. The summed E-state index contributed by atoms with van der Waals surface area (Å²) in [6.45, 7) is 7.32. The quantitative estimate of drug-likeness (QED) is 0.361. The lowest BCUT2D eigenvalue weighted by Crippen LogP contribution is -2.48. The number of carboxylic acid groups (broad SMARTS) is 1. The van der Waals surface area contributed by atoms with Gasteiger partial charge >= 0.3 is 12.0 Å². The molecule has 39 heavy (non-hydrogen) atoms. The fraction of sp³-hybridized carbons (Fsp3) is 0.500. The van der Waals surface area contributed by atoms with Gasteiger partial charge in [0.05, 0.1) is 19.1 Å². The van der Waals surface area contributed by atoms with Crippen molar-refractivity contribution in [2.45, 2.75) is 71.4 Å². The number of urea groups is 1. The van der Waals surface area contributed by atoms with Gasteiger partial charge in [-0.15, -0.1) is 0 Å². The molecular formula is C30H38ClN3O5. The fourth-order valence-corrected chi connectivity index (χ4v) is 5.81. The number of nitrogens with zero attached hydrogens (tertiary/aromatic N) is 1. The van der Waals surface area contributed by atoms with Crippen LogP contribution >= 0.6 is 11.6 Å². The third kappa shape index (κ3) is 7.24. The van der Waals surface area contributed by atoms with E-state index in [0.717, 1.165) is 31.2 Å². The van der Waals surface area contributed by atoms with Gasteiger partial charge in [0.1, 0.15) is 5.75 Å². The normalized spacial score (nSPS) is 20.8. The number of benzene rings is 2. The van der Waals surface area contributed by atoms with Gasteiger partial charge in [0, 0.05) is 40.8 Å². The Kier molecular flexibility index (Phi) is 9.05. The second-order valence-corrected chi connectivity index (χ2v) is 12.0. The Morgan fingerprint density at radius 3 is 2.36 bits per heavy atom. The molecule has 1 atom stereocenters. The van der Waals surface area contributed by atoms with Crippen LogP contribution in [0.25, 0.3) is 0 Å². The molecule has 1 fully saturated rings. The van der Waals surface area contributed by atoms with Crippen LogP contribution in [0.5, 0.6) is 5.75 Å². The van der Waals surface area contributed by atoms with E-state index in [9.17, 15) is 14.4 Å². The zero-order chi connectivity index (χ0) is 28.2. The van der Waals surface area contributed by atoms with Crippen LogP contribution in [-0.2, 0) is 4.79 Å². The predicted octanol–water partition coefficient (Wildman–Crippen LogP) is 6.51. The third-order valence-electron chi connectivity index (χ3n) is 7.89. The van der Waals surface area contributed by atoms with Crippen molar-refractivity contribution in [3.63, 3.8) is 0 Å². The smallest absolute Gasteiger partial charge is 0.322 e. The van der Waals surface area contributed by atoms with Crippen LogP contribution in [0.1, 0.15) is 81.3 Å². The molecule has 0 aromatic heterocycles. The van der Waals surface area contributed by atoms with Crippen molar-refractivity contribution in [2.75, 3.05) is 18.5 Å². The van der Waals surface area contributed by atoms with Crippen LogP contribution in [0.3, 0.4) is 0 Å². The van der Waals surface area contributed by atoms with E-state index in [-0.39, 0.29) is 42.4 Å². The molecule has 0 spiro atoms. The number of aliphatic carboxylic acids is 1. The Hall–Kier alpha value is -3.26. The molecule has 8 nitrogen and oxygen atoms in total. The highest BCUT2D eigenvalue weighted by Crippen LogP contribution is 2.43. The lowest BCUT2D eigenvalue weighted by Gasteiger charge is -2.45. The number of amides is 3. The fourth-order valence-electron chi connectivity index (χ4n) is 5.69. The van der Waals surface area contributed by atoms with Crippen molar-refractivity contribution in [3.8, 4) is 5.75 Å². The van der Waals surface area contributed by atoms with E-state index < -0.39 is 5.97 Å². The molecule has 4 rings (SSSR count). The molecule has 1 saturated carbocycles. The summed E-state index contributed by atoms with van der Waals surface area (Å²) >= 11 is 6.05. The summed E-state index contributed by atoms with van der Waals surface area (Å²) < 4.78 is 5.95. The molecule has 1 heterocycles. The molecule has 0 saturated heterocycles. The highest BCUT2D eigenvalue weighted by molar-refractivity contribution is 6.30. The minimum atomic E-state index is -0.972. The summed E-state index contributed by atoms with van der Waals surface area (Å²) in [4.78, 5) is 39.2. The number of rotatable bonds is 7. The summed E-state index contributed by atoms with van der Waals surface area (Å²) in [6.07, 6.45) is 4.46. The van der Waals surface area contributed by atoms with Crippen LogP contribution in [-0.4, -0.2) is 47.1 Å². The Morgan fingerprint density at radius 2 is 1.72 bits per heavy atom. The molecule has 2 aromatic carbocycles. The lowest BCUT2D eigenvalue weighted by molar-refractivity contribution is -0.136. The van der Waals surface area contributed by atoms with Gasteiger partial charge < -0.3 is 25.4 Å². The van der Waals surface area contributed by atoms with E-state index in [1.807, 2.05) is 11.0 Å². The van der Waals surface area contributed by atoms with Gasteiger partial charge in [-0.3, -0.25) is 9.59 Å². The summed E-state index contributed by atoms with van der Waals surface area (Å²) in [7, 11) is 0. The van der Waals surface area contributed by atoms with Crippen molar-refractivity contribution >= 4 is 35.2 Å². The minimum absolute atomic E-state index is 0.0463. The van der Waals surface area contributed by atoms with Gasteiger partial charge in [0.25, 0.3) is 5.91 Å². The van der Waals surface area contributed by atoms with Gasteiger partial charge in [-0.2, -0.15) is 0 Å². The minimum Gasteiger partial charge on any atom is -0.493 e. The van der Waals surface area contributed by atoms with Gasteiger partial charge in [0.15, 0.2) is 0 Å². The standard InChI is InChI=1S/C30H38ClN3O5/c1-30(2,3)20-5-11-23(12-6-20)34(29(38)33-22-9-7-21(31)8-10-22)25-15-17-39-26-18-19(4-13-24(25)26)28(37)32-16-14-27(35)36/h4,7-10,13,18,20,23,25H,5-6,11-12,14-17H2,1-3H3,(H,32,37)(H,33,38)(H,35,36). The van der Waals surface area contributed by atoms with Crippen LogP contribution in [0.2, 0.25) is 5.02 Å². The number of ether oxygens (including phenoxy) is 1. The van der Waals surface area contributed by atoms with E-state index in [4.69, 9.17) is 21.4 Å². The lowest BCUT2D eigenvalue weighted by atomic mass is 9.71. The average molecular weight is 556 g/mol. The first-order chi connectivity index (χ1) is 18.5. The highest BCUT2D eigenvalue weighted by Gasteiger charge is 2.39. The topological polar surface area (TPSA) is 108 Å². The Labute approximate surface area is 235 Å². The number of carbonyl (C=O) groups excluding carboxylic acids is 2. The molecule has 0 radical (unpaired) electrons. The van der Waals surface area contributed by atoms with Gasteiger partial charge in [-0.05, 0) is 73.4 Å². The maximum Gasteiger partial charge on any atom is 0.322 e. The first-order valence-electron chi connectivity index (χ1n) is 13.6. The van der Waals surface area contributed by atoms with Gasteiger partial charge in [-0.25, -0.2) is 4.79 Å². The SMILES string of the molecule is CC(C)(C)C1CCC(N(C(=O)Nc2ccc(Cl)cc2)C2CCOc3cc(C(=O)NCCC(=O)O)ccc32)CC1. The summed E-state index contributed by atoms with van der Waals surface area (Å²) in [5.74, 6) is -0.146. The number of carboxylic acids is 1. The second kappa shape index (κ2) is 12.3. The van der Waals surface area contributed by atoms with Crippen molar-refractivity contribution < 1.29 is 24.2 Å². The number of hydrogen-bond acceptors (Lipinski definition) is 4. The molecule has 2 aromatic rings. The zero-order valence-corrected chi connectivity index (χ0v) is 23.6.